The van der Waals surface area contributed by atoms with Gasteiger partial charge in [0.1, 0.15) is 5.84 Å². The summed E-state index contributed by atoms with van der Waals surface area (Å²) in [5, 5.41) is 12.2. The summed E-state index contributed by atoms with van der Waals surface area (Å²) in [6.45, 7) is 3.76. The molecule has 1 unspecified atom stereocenters. The number of oxime groups is 1. The fourth-order valence-electron chi connectivity index (χ4n) is 4.33. The Morgan fingerprint density at radius 2 is 1.69 bits per heavy atom. The molecule has 190 valence electrons. The van der Waals surface area contributed by atoms with E-state index in [1.807, 2.05) is 13.8 Å². The third-order valence-corrected chi connectivity index (χ3v) is 7.46. The fraction of sp³-hybridized carbons (Fsp3) is 0.375. The van der Waals surface area contributed by atoms with Crippen LogP contribution < -0.4 is 0 Å². The van der Waals surface area contributed by atoms with Crippen LogP contribution in [0.1, 0.15) is 37.0 Å². The van der Waals surface area contributed by atoms with Gasteiger partial charge in [-0.05, 0) is 23.3 Å². The lowest BCUT2D eigenvalue weighted by molar-refractivity contribution is -0.275. The van der Waals surface area contributed by atoms with Crippen LogP contribution in [0.15, 0.2) is 46.5 Å². The summed E-state index contributed by atoms with van der Waals surface area (Å²) < 4.78 is 58.2. The van der Waals surface area contributed by atoms with E-state index >= 15 is 4.39 Å². The van der Waals surface area contributed by atoms with E-state index in [0.717, 1.165) is 12.1 Å². The number of hydrogen-bond acceptors (Lipinski definition) is 4. The first-order valence-corrected chi connectivity index (χ1v) is 11.9. The largest absolute Gasteiger partial charge is 0.435 e. The van der Waals surface area contributed by atoms with E-state index in [2.05, 4.69) is 10.1 Å². The number of nitriles is 1. The number of benzene rings is 2. The molecule has 1 fully saturated rings. The topological polar surface area (TPSA) is 61.0 Å². The molecule has 0 saturated carbocycles. The summed E-state index contributed by atoms with van der Waals surface area (Å²) in [5.74, 6) is 0.460. The number of nitrogens with zero attached hydrogens (tertiary/aromatic N) is 4. The van der Waals surface area contributed by atoms with Gasteiger partial charge in [-0.1, -0.05) is 78.1 Å². The Bertz CT molecular complexity index is 1260. The first-order chi connectivity index (χ1) is 16.8. The van der Waals surface area contributed by atoms with Crippen LogP contribution in [0.2, 0.25) is 15.1 Å². The van der Waals surface area contributed by atoms with Crippen molar-refractivity contribution in [3.63, 3.8) is 0 Å². The Morgan fingerprint density at radius 1 is 1.11 bits per heavy atom. The van der Waals surface area contributed by atoms with Gasteiger partial charge in [0.05, 0.1) is 33.9 Å². The van der Waals surface area contributed by atoms with Gasteiger partial charge >= 0.3 is 6.18 Å². The molecule has 0 bridgehead atoms. The lowest BCUT2D eigenvalue weighted by atomic mass is 9.84. The van der Waals surface area contributed by atoms with Gasteiger partial charge in [0.15, 0.2) is 5.67 Å². The number of hydrogen-bond donors (Lipinski definition) is 0. The molecule has 0 amide bonds. The standard InChI is InChI=1S/C24H19Cl3F4N4O/c1-13(2)21(33-12-32)35-10-22(28,11-35)15-5-3-14(4-6-15)19-9-23(36-34-19,24(29,30)31)16-7-17(25)20(27)18(26)8-16/h3-8,13H,9-11H2,1-2H3/b33-21+. The van der Waals surface area contributed by atoms with Crippen molar-refractivity contribution in [3.8, 4) is 6.19 Å². The van der Waals surface area contributed by atoms with Crippen molar-refractivity contribution in [2.24, 2.45) is 16.1 Å². The normalized spacial score (nSPS) is 21.6. The van der Waals surface area contributed by atoms with E-state index in [1.165, 1.54) is 24.3 Å². The minimum atomic E-state index is -4.85. The molecule has 2 aromatic carbocycles. The zero-order valence-corrected chi connectivity index (χ0v) is 21.3. The van der Waals surface area contributed by atoms with Gasteiger partial charge in [0.2, 0.25) is 6.19 Å². The summed E-state index contributed by atoms with van der Waals surface area (Å²) in [6.07, 6.45) is -3.75. The Labute approximate surface area is 219 Å². The first-order valence-electron chi connectivity index (χ1n) is 10.8. The van der Waals surface area contributed by atoms with Gasteiger partial charge < -0.3 is 9.74 Å². The number of rotatable bonds is 4. The zero-order valence-electron chi connectivity index (χ0n) is 19.0. The van der Waals surface area contributed by atoms with Crippen molar-refractivity contribution in [3.05, 3.63) is 68.2 Å². The number of amidine groups is 1. The molecule has 36 heavy (non-hydrogen) atoms. The molecule has 2 aromatic rings. The minimum absolute atomic E-state index is 0.0182. The van der Waals surface area contributed by atoms with Crippen LogP contribution in [0.3, 0.4) is 0 Å². The van der Waals surface area contributed by atoms with Crippen molar-refractivity contribution in [1.82, 2.24) is 4.90 Å². The average molecular weight is 562 g/mol. The Morgan fingerprint density at radius 3 is 2.19 bits per heavy atom. The summed E-state index contributed by atoms with van der Waals surface area (Å²) in [7, 11) is 0. The monoisotopic (exact) mass is 560 g/mol. The average Bonchev–Trinajstić information content (AvgIpc) is 3.26. The molecule has 5 nitrogen and oxygen atoms in total. The Hall–Kier alpha value is -2.54. The van der Waals surface area contributed by atoms with Crippen LogP contribution in [0.5, 0.6) is 0 Å². The van der Waals surface area contributed by atoms with E-state index in [9.17, 15) is 13.2 Å². The molecule has 0 N–H and O–H groups in total. The number of aliphatic imine (C=N–C) groups is 1. The van der Waals surface area contributed by atoms with Gasteiger partial charge in [-0.2, -0.15) is 23.4 Å². The van der Waals surface area contributed by atoms with Crippen LogP contribution in [0.4, 0.5) is 17.6 Å². The second kappa shape index (κ2) is 9.40. The highest BCUT2D eigenvalue weighted by Crippen LogP contribution is 2.50. The molecule has 1 atom stereocenters. The highest BCUT2D eigenvalue weighted by Gasteiger charge is 2.62. The van der Waals surface area contributed by atoms with Gasteiger partial charge in [0, 0.05) is 17.9 Å². The molecule has 2 aliphatic rings. The quantitative estimate of drug-likeness (QED) is 0.130. The predicted molar refractivity (Wildman–Crippen MR) is 130 cm³/mol. The maximum absolute atomic E-state index is 15.5. The van der Waals surface area contributed by atoms with E-state index in [1.54, 1.807) is 11.1 Å². The van der Waals surface area contributed by atoms with Crippen LogP contribution in [-0.2, 0) is 16.1 Å². The summed E-state index contributed by atoms with van der Waals surface area (Å²) in [6, 6.07) is 8.14. The molecule has 0 radical (unpaired) electrons. The Balaban J connectivity index is 1.55. The van der Waals surface area contributed by atoms with Crippen molar-refractivity contribution >= 4 is 46.4 Å². The smallest absolute Gasteiger partial charge is 0.374 e. The molecule has 2 aliphatic heterocycles. The van der Waals surface area contributed by atoms with Gasteiger partial charge in [0.25, 0.3) is 5.60 Å². The van der Waals surface area contributed by atoms with E-state index in [4.69, 9.17) is 44.9 Å². The summed E-state index contributed by atoms with van der Waals surface area (Å²) >= 11 is 17.8. The van der Waals surface area contributed by atoms with Crippen molar-refractivity contribution in [2.75, 3.05) is 13.1 Å². The third kappa shape index (κ3) is 4.51. The van der Waals surface area contributed by atoms with E-state index in [-0.39, 0.29) is 45.4 Å². The maximum atomic E-state index is 15.5. The first kappa shape index (κ1) is 26.5. The molecule has 0 spiro atoms. The van der Waals surface area contributed by atoms with Gasteiger partial charge in [-0.25, -0.2) is 4.39 Å². The second-order valence-electron chi connectivity index (χ2n) is 9.01. The molecule has 12 heteroatoms. The van der Waals surface area contributed by atoms with Crippen molar-refractivity contribution in [1.29, 1.82) is 5.26 Å². The minimum Gasteiger partial charge on any atom is -0.374 e. The molecule has 0 aromatic heterocycles. The van der Waals surface area contributed by atoms with Gasteiger partial charge in [-0.15, -0.1) is 0 Å². The van der Waals surface area contributed by atoms with Gasteiger partial charge in [-0.3, -0.25) is 0 Å². The predicted octanol–water partition coefficient (Wildman–Crippen LogP) is 7.24. The van der Waals surface area contributed by atoms with Crippen LogP contribution in [0, 0.1) is 17.4 Å². The number of likely N-dealkylation sites (tertiary alicyclic amines) is 1. The molecule has 2 heterocycles. The maximum Gasteiger partial charge on any atom is 0.435 e. The van der Waals surface area contributed by atoms with E-state index < -0.39 is 23.9 Å². The number of halogens is 7. The SMILES string of the molecule is CC(C)/C(=N\C#N)N1CC(F)(c2ccc(C3=NOC(c4cc(Cl)c(Cl)c(Cl)c4)(C(F)(F)F)C3)cc2)C1. The summed E-state index contributed by atoms with van der Waals surface area (Å²) in [5.41, 5.74) is -4.06. The third-order valence-electron chi connectivity index (χ3n) is 6.26. The Kier molecular flexibility index (Phi) is 6.93. The molecular weight excluding hydrogens is 543 g/mol. The number of alkyl halides is 4. The molecular formula is C24H19Cl3F4N4O. The van der Waals surface area contributed by atoms with Crippen LogP contribution in [-0.4, -0.2) is 35.7 Å². The van der Waals surface area contributed by atoms with Crippen LogP contribution in [0.25, 0.3) is 0 Å². The molecule has 0 aliphatic carbocycles. The summed E-state index contributed by atoms with van der Waals surface area (Å²) in [4.78, 5) is 10.5. The zero-order chi connectivity index (χ0) is 26.5. The lowest BCUT2D eigenvalue weighted by Crippen LogP contribution is -2.59. The molecule has 1 saturated heterocycles. The lowest BCUT2D eigenvalue weighted by Gasteiger charge is -2.47. The fourth-order valence-corrected chi connectivity index (χ4v) is 4.92. The van der Waals surface area contributed by atoms with Crippen molar-refractivity contribution < 1.29 is 22.4 Å². The molecule has 4 rings (SSSR count). The van der Waals surface area contributed by atoms with Crippen molar-refractivity contribution in [2.45, 2.75) is 37.7 Å². The van der Waals surface area contributed by atoms with Crippen LogP contribution >= 0.6 is 34.8 Å². The second-order valence-corrected chi connectivity index (χ2v) is 10.2. The van der Waals surface area contributed by atoms with E-state index in [0.29, 0.717) is 17.0 Å². The highest BCUT2D eigenvalue weighted by atomic mass is 35.5. The highest BCUT2D eigenvalue weighted by molar-refractivity contribution is 6.48.